The number of methoxy groups -OCH3 is 1. The molecule has 2 aromatic rings. The largest absolute Gasteiger partial charge is 0.504 e. The Labute approximate surface area is 151 Å². The molecule has 26 heavy (non-hydrogen) atoms. The number of phenols is 1. The Morgan fingerprint density at radius 3 is 2.58 bits per heavy atom. The van der Waals surface area contributed by atoms with Crippen LogP contribution in [0.15, 0.2) is 23.8 Å². The van der Waals surface area contributed by atoms with Crippen molar-refractivity contribution < 1.29 is 14.8 Å². The van der Waals surface area contributed by atoms with Gasteiger partial charge in [0.2, 0.25) is 0 Å². The molecular formula is C20H17N4O2+. The van der Waals surface area contributed by atoms with Crippen molar-refractivity contribution in [1.82, 2.24) is 0 Å². The molecule has 1 aromatic carbocycles. The number of hydrogen-bond acceptors (Lipinski definition) is 5. The van der Waals surface area contributed by atoms with Gasteiger partial charge in [-0.1, -0.05) is 6.07 Å². The first-order chi connectivity index (χ1) is 12.4. The summed E-state index contributed by atoms with van der Waals surface area (Å²) < 4.78 is 5.16. The number of phenolic OH excluding ortho intramolecular Hbond substituents is 1. The third-order valence-electron chi connectivity index (χ3n) is 4.57. The van der Waals surface area contributed by atoms with E-state index >= 15 is 0 Å². The van der Waals surface area contributed by atoms with E-state index in [4.69, 9.17) is 10.5 Å². The molecule has 0 aliphatic heterocycles. The van der Waals surface area contributed by atoms with Crippen LogP contribution in [0.1, 0.15) is 34.9 Å². The van der Waals surface area contributed by atoms with E-state index in [1.807, 2.05) is 19.9 Å². The highest BCUT2D eigenvalue weighted by Gasteiger charge is 2.32. The number of anilines is 1. The normalized spacial score (nSPS) is 14.1. The van der Waals surface area contributed by atoms with Gasteiger partial charge in [-0.2, -0.15) is 10.5 Å². The minimum atomic E-state index is 0.0514. The van der Waals surface area contributed by atoms with Gasteiger partial charge in [0.1, 0.15) is 23.3 Å². The number of nitrogen functional groups attached to an aromatic ring is 1. The lowest BCUT2D eigenvalue weighted by Gasteiger charge is -2.09. The zero-order chi connectivity index (χ0) is 19.0. The molecule has 1 aliphatic rings. The van der Waals surface area contributed by atoms with E-state index in [9.17, 15) is 15.6 Å². The van der Waals surface area contributed by atoms with Gasteiger partial charge in [0, 0.05) is 5.56 Å². The van der Waals surface area contributed by atoms with Crippen molar-refractivity contribution in [3.63, 3.8) is 0 Å². The van der Waals surface area contributed by atoms with Crippen molar-refractivity contribution in [1.29, 1.82) is 10.5 Å². The lowest BCUT2D eigenvalue weighted by atomic mass is 9.95. The van der Waals surface area contributed by atoms with Crippen LogP contribution in [0, 0.1) is 29.6 Å². The lowest BCUT2D eigenvalue weighted by molar-refractivity contribution is -0.364. The summed E-state index contributed by atoms with van der Waals surface area (Å²) in [7, 11) is 1.48. The summed E-state index contributed by atoms with van der Waals surface area (Å²) in [6, 6.07) is 9.34. The number of rotatable bonds is 2. The Kier molecular flexibility index (Phi) is 4.11. The predicted octanol–water partition coefficient (Wildman–Crippen LogP) is 2.83. The number of ether oxygens (including phenoxy) is 1. The van der Waals surface area contributed by atoms with Gasteiger partial charge in [-0.15, -0.1) is 0 Å². The van der Waals surface area contributed by atoms with E-state index in [2.05, 4.69) is 17.1 Å². The maximum Gasteiger partial charge on any atom is 0.289 e. The summed E-state index contributed by atoms with van der Waals surface area (Å²) in [4.78, 5) is 3.00. The number of allylic oxidation sites excluding steroid dienone is 3. The minimum Gasteiger partial charge on any atom is -0.504 e. The second-order valence-corrected chi connectivity index (χ2v) is 6.00. The summed E-state index contributed by atoms with van der Waals surface area (Å²) in [6.07, 6.45) is 1.90. The van der Waals surface area contributed by atoms with E-state index in [-0.39, 0.29) is 11.6 Å². The van der Waals surface area contributed by atoms with E-state index in [0.717, 1.165) is 27.8 Å². The SMILES string of the molecule is COc1cc(C=C2C(C)=C(C#N)c3[nH+]c(N)c(C#N)c(C)c32)ccc1O. The highest BCUT2D eigenvalue weighted by Crippen LogP contribution is 2.43. The summed E-state index contributed by atoms with van der Waals surface area (Å²) in [5.74, 6) is 0.658. The van der Waals surface area contributed by atoms with Crippen LogP contribution in [0.25, 0.3) is 17.2 Å². The van der Waals surface area contributed by atoms with E-state index in [1.165, 1.54) is 7.11 Å². The molecule has 0 unspecified atom stereocenters. The fourth-order valence-electron chi connectivity index (χ4n) is 3.22. The molecule has 0 saturated heterocycles. The van der Waals surface area contributed by atoms with Gasteiger partial charge in [0.05, 0.1) is 7.11 Å². The second kappa shape index (κ2) is 6.27. The maximum absolute atomic E-state index is 9.78. The van der Waals surface area contributed by atoms with Crippen LogP contribution in [-0.4, -0.2) is 12.2 Å². The molecule has 128 valence electrons. The quantitative estimate of drug-likeness (QED) is 0.868. The Morgan fingerprint density at radius 2 is 1.96 bits per heavy atom. The molecule has 6 nitrogen and oxygen atoms in total. The first-order valence-corrected chi connectivity index (χ1v) is 7.89. The van der Waals surface area contributed by atoms with Crippen LogP contribution in [0.4, 0.5) is 5.82 Å². The van der Waals surface area contributed by atoms with Crippen molar-refractivity contribution in [3.05, 3.63) is 51.7 Å². The van der Waals surface area contributed by atoms with Gasteiger partial charge in [-0.05, 0) is 54.3 Å². The molecule has 1 aliphatic carbocycles. The average molecular weight is 345 g/mol. The topological polar surface area (TPSA) is 117 Å². The molecule has 0 radical (unpaired) electrons. The number of hydrogen-bond donors (Lipinski definition) is 2. The number of aromatic nitrogens is 1. The number of fused-ring (bicyclic) bond motifs is 1. The van der Waals surface area contributed by atoms with Gasteiger partial charge in [0.15, 0.2) is 17.2 Å². The number of nitrogens with one attached hydrogen (secondary N) is 1. The van der Waals surface area contributed by atoms with Crippen molar-refractivity contribution in [2.24, 2.45) is 0 Å². The number of nitrogens with two attached hydrogens (primary N) is 1. The molecule has 0 spiro atoms. The molecule has 1 aromatic heterocycles. The number of nitrogens with zero attached hydrogens (tertiary/aromatic N) is 2. The Bertz CT molecular complexity index is 1080. The summed E-state index contributed by atoms with van der Waals surface area (Å²) in [5, 5.41) is 28.8. The van der Waals surface area contributed by atoms with Gasteiger partial charge in [0.25, 0.3) is 5.82 Å². The first kappa shape index (κ1) is 17.1. The van der Waals surface area contributed by atoms with Gasteiger partial charge in [-0.25, -0.2) is 4.98 Å². The monoisotopic (exact) mass is 345 g/mol. The van der Waals surface area contributed by atoms with E-state index in [1.54, 1.807) is 18.2 Å². The standard InChI is InChI=1S/C20H16N4O2/c1-10-13(6-12-4-5-16(25)17(7-12)26-3)18-11(2)15(9-22)20(23)24-19(18)14(10)8-21/h4-7,25H,1-3H3,(H2,23,24)/p+1. The highest BCUT2D eigenvalue weighted by atomic mass is 16.5. The Morgan fingerprint density at radius 1 is 1.23 bits per heavy atom. The van der Waals surface area contributed by atoms with Crippen LogP contribution in [0.5, 0.6) is 11.5 Å². The summed E-state index contributed by atoms with van der Waals surface area (Å²) in [5.41, 5.74) is 11.4. The van der Waals surface area contributed by atoms with Gasteiger partial charge < -0.3 is 9.84 Å². The van der Waals surface area contributed by atoms with E-state index in [0.29, 0.717) is 22.6 Å². The van der Waals surface area contributed by atoms with Crippen LogP contribution < -0.4 is 15.5 Å². The zero-order valence-corrected chi connectivity index (χ0v) is 14.6. The molecular weight excluding hydrogens is 328 g/mol. The van der Waals surface area contributed by atoms with Crippen molar-refractivity contribution in [2.75, 3.05) is 12.8 Å². The number of aromatic hydroxyl groups is 1. The zero-order valence-electron chi connectivity index (χ0n) is 14.6. The Hall–Kier alpha value is -3.77. The molecule has 3 rings (SSSR count). The summed E-state index contributed by atoms with van der Waals surface area (Å²) in [6.45, 7) is 3.68. The number of H-pyrrole nitrogens is 1. The maximum atomic E-state index is 9.78. The lowest BCUT2D eigenvalue weighted by Crippen LogP contribution is -2.20. The van der Waals surface area contributed by atoms with Gasteiger partial charge in [-0.3, -0.25) is 5.73 Å². The molecule has 0 bridgehead atoms. The number of benzene rings is 1. The molecule has 0 atom stereocenters. The number of aromatic amines is 1. The van der Waals surface area contributed by atoms with Crippen LogP contribution in [0.2, 0.25) is 0 Å². The summed E-state index contributed by atoms with van der Waals surface area (Å²) >= 11 is 0. The number of nitriles is 2. The third-order valence-corrected chi connectivity index (χ3v) is 4.57. The molecule has 0 fully saturated rings. The average Bonchev–Trinajstić information content (AvgIpc) is 2.88. The molecule has 4 N–H and O–H groups in total. The van der Waals surface area contributed by atoms with Crippen LogP contribution in [-0.2, 0) is 0 Å². The fourth-order valence-corrected chi connectivity index (χ4v) is 3.22. The Balaban J connectivity index is 2.30. The van der Waals surface area contributed by atoms with Crippen molar-refractivity contribution in [3.8, 4) is 23.6 Å². The van der Waals surface area contributed by atoms with Crippen LogP contribution in [0.3, 0.4) is 0 Å². The molecule has 0 saturated carbocycles. The third kappa shape index (κ3) is 2.45. The smallest absolute Gasteiger partial charge is 0.289 e. The van der Waals surface area contributed by atoms with Gasteiger partial charge >= 0.3 is 0 Å². The van der Waals surface area contributed by atoms with Crippen LogP contribution >= 0.6 is 0 Å². The van der Waals surface area contributed by atoms with Crippen molar-refractivity contribution >= 4 is 23.0 Å². The molecule has 6 heteroatoms. The first-order valence-electron chi connectivity index (χ1n) is 7.89. The molecule has 1 heterocycles. The van der Waals surface area contributed by atoms with E-state index < -0.39 is 0 Å². The fraction of sp³-hybridized carbons (Fsp3) is 0.150. The predicted molar refractivity (Wildman–Crippen MR) is 97.6 cm³/mol. The second-order valence-electron chi connectivity index (χ2n) is 6.00. The number of pyridine rings is 1. The minimum absolute atomic E-state index is 0.0514. The molecule has 0 amide bonds. The highest BCUT2D eigenvalue weighted by molar-refractivity contribution is 6.07. The van der Waals surface area contributed by atoms with Crippen molar-refractivity contribution in [2.45, 2.75) is 13.8 Å².